The van der Waals surface area contributed by atoms with Crippen LogP contribution in [0.3, 0.4) is 0 Å². The lowest BCUT2D eigenvalue weighted by Crippen LogP contribution is -2.50. The standard InChI is InChI=1S/C17H21N3O4S/c1-17(2,16(23)24)20(3)14(21)8-9-25-10-13-18-12-7-5-4-6-11(12)15(22)19-13/h4-7H,8-10H2,1-3H3,(H,23,24)(H,18,19,22). The topological polar surface area (TPSA) is 103 Å². The van der Waals surface area contributed by atoms with Gasteiger partial charge in [0.15, 0.2) is 0 Å². The lowest BCUT2D eigenvalue weighted by molar-refractivity contribution is -0.155. The number of benzene rings is 1. The van der Waals surface area contributed by atoms with Gasteiger partial charge in [-0.05, 0) is 26.0 Å². The van der Waals surface area contributed by atoms with Crippen LogP contribution >= 0.6 is 11.8 Å². The number of nitrogens with zero attached hydrogens (tertiary/aromatic N) is 2. The summed E-state index contributed by atoms with van der Waals surface area (Å²) in [6.07, 6.45) is 0.218. The van der Waals surface area contributed by atoms with Crippen LogP contribution in [0.5, 0.6) is 0 Å². The van der Waals surface area contributed by atoms with E-state index < -0.39 is 11.5 Å². The van der Waals surface area contributed by atoms with Crippen molar-refractivity contribution < 1.29 is 14.7 Å². The normalized spacial score (nSPS) is 11.5. The number of carboxylic acid groups (broad SMARTS) is 1. The summed E-state index contributed by atoms with van der Waals surface area (Å²) in [7, 11) is 1.49. The Balaban J connectivity index is 1.90. The molecule has 0 atom stereocenters. The van der Waals surface area contributed by atoms with Gasteiger partial charge >= 0.3 is 5.97 Å². The average molecular weight is 363 g/mol. The van der Waals surface area contributed by atoms with E-state index in [1.54, 1.807) is 18.2 Å². The molecule has 1 amide bonds. The second kappa shape index (κ2) is 7.69. The smallest absolute Gasteiger partial charge is 0.329 e. The third-order valence-corrected chi connectivity index (χ3v) is 5.07. The number of hydrogen-bond donors (Lipinski definition) is 2. The van der Waals surface area contributed by atoms with Gasteiger partial charge in [-0.1, -0.05) is 12.1 Å². The van der Waals surface area contributed by atoms with Gasteiger partial charge in [-0.25, -0.2) is 9.78 Å². The third-order valence-electron chi connectivity index (χ3n) is 4.10. The van der Waals surface area contributed by atoms with Crippen molar-refractivity contribution in [3.63, 3.8) is 0 Å². The van der Waals surface area contributed by atoms with Crippen LogP contribution in [0.15, 0.2) is 29.1 Å². The van der Waals surface area contributed by atoms with E-state index in [2.05, 4.69) is 9.97 Å². The van der Waals surface area contributed by atoms with E-state index in [-0.39, 0.29) is 17.9 Å². The highest BCUT2D eigenvalue weighted by molar-refractivity contribution is 7.98. The highest BCUT2D eigenvalue weighted by atomic mass is 32.2. The minimum atomic E-state index is -1.24. The summed E-state index contributed by atoms with van der Waals surface area (Å²) >= 11 is 1.46. The molecule has 0 spiro atoms. The van der Waals surface area contributed by atoms with Crippen LogP contribution in [0.1, 0.15) is 26.1 Å². The molecule has 0 saturated carbocycles. The molecule has 0 aliphatic carbocycles. The lowest BCUT2D eigenvalue weighted by atomic mass is 10.0. The van der Waals surface area contributed by atoms with Gasteiger partial charge in [-0.3, -0.25) is 9.59 Å². The first-order valence-electron chi connectivity index (χ1n) is 7.79. The molecule has 134 valence electrons. The number of nitrogens with one attached hydrogen (secondary N) is 1. The Kier molecular flexibility index (Phi) is 5.84. The van der Waals surface area contributed by atoms with Crippen molar-refractivity contribution in [3.05, 3.63) is 40.4 Å². The number of para-hydroxylation sites is 1. The van der Waals surface area contributed by atoms with E-state index in [1.807, 2.05) is 6.07 Å². The van der Waals surface area contributed by atoms with Crippen LogP contribution in [-0.4, -0.2) is 50.2 Å². The number of fused-ring (bicyclic) bond motifs is 1. The molecule has 0 saturated heterocycles. The van der Waals surface area contributed by atoms with E-state index in [9.17, 15) is 14.4 Å². The van der Waals surface area contributed by atoms with E-state index in [4.69, 9.17) is 5.11 Å². The lowest BCUT2D eigenvalue weighted by Gasteiger charge is -2.31. The summed E-state index contributed by atoms with van der Waals surface area (Å²) in [6.45, 7) is 2.98. The first-order chi connectivity index (χ1) is 11.7. The van der Waals surface area contributed by atoms with Gasteiger partial charge in [0.25, 0.3) is 5.56 Å². The molecule has 0 unspecified atom stereocenters. The van der Waals surface area contributed by atoms with Crippen molar-refractivity contribution in [2.45, 2.75) is 31.6 Å². The molecular weight excluding hydrogens is 342 g/mol. The summed E-state index contributed by atoms with van der Waals surface area (Å²) in [5, 5.41) is 9.70. The quantitative estimate of drug-likeness (QED) is 0.728. The summed E-state index contributed by atoms with van der Waals surface area (Å²) in [5.74, 6) is 0.253. The molecule has 0 radical (unpaired) electrons. The number of rotatable bonds is 7. The first kappa shape index (κ1) is 19.0. The van der Waals surface area contributed by atoms with Gasteiger partial charge in [0, 0.05) is 19.2 Å². The van der Waals surface area contributed by atoms with Crippen LogP contribution < -0.4 is 5.56 Å². The Morgan fingerprint density at radius 3 is 2.68 bits per heavy atom. The largest absolute Gasteiger partial charge is 0.480 e. The monoisotopic (exact) mass is 363 g/mol. The van der Waals surface area contributed by atoms with E-state index in [0.717, 1.165) is 0 Å². The molecule has 0 bridgehead atoms. The van der Waals surface area contributed by atoms with Crippen LogP contribution in [0.25, 0.3) is 10.9 Å². The van der Waals surface area contributed by atoms with Gasteiger partial charge in [0.1, 0.15) is 11.4 Å². The highest BCUT2D eigenvalue weighted by Gasteiger charge is 2.34. The molecule has 7 nitrogen and oxygen atoms in total. The molecule has 1 aromatic carbocycles. The van der Waals surface area contributed by atoms with Crippen molar-refractivity contribution in [2.75, 3.05) is 12.8 Å². The van der Waals surface area contributed by atoms with E-state index in [1.165, 1.54) is 37.6 Å². The molecule has 25 heavy (non-hydrogen) atoms. The Labute approximate surface area is 149 Å². The predicted molar refractivity (Wildman–Crippen MR) is 97.6 cm³/mol. The zero-order valence-corrected chi connectivity index (χ0v) is 15.2. The minimum Gasteiger partial charge on any atom is -0.480 e. The maximum atomic E-state index is 12.1. The van der Waals surface area contributed by atoms with Gasteiger partial charge in [-0.15, -0.1) is 0 Å². The molecular formula is C17H21N3O4S. The van der Waals surface area contributed by atoms with Gasteiger partial charge in [0.2, 0.25) is 5.91 Å². The SMILES string of the molecule is CN(C(=O)CCSCc1nc2ccccc2c(=O)[nH]1)C(C)(C)C(=O)O. The second-order valence-electron chi connectivity index (χ2n) is 6.15. The number of likely N-dealkylation sites (N-methyl/N-ethyl adjacent to an activating group) is 1. The van der Waals surface area contributed by atoms with Crippen LogP contribution in [0, 0.1) is 0 Å². The van der Waals surface area contributed by atoms with Crippen LogP contribution in [-0.2, 0) is 15.3 Å². The molecule has 1 aromatic heterocycles. The fourth-order valence-electron chi connectivity index (χ4n) is 2.15. The molecule has 1 heterocycles. The summed E-state index contributed by atoms with van der Waals surface area (Å²) in [5.41, 5.74) is -0.784. The first-order valence-corrected chi connectivity index (χ1v) is 8.94. The van der Waals surface area contributed by atoms with Crippen molar-refractivity contribution in [2.24, 2.45) is 0 Å². The Hall–Kier alpha value is -2.35. The number of aliphatic carboxylic acids is 1. The summed E-state index contributed by atoms with van der Waals surface area (Å²) in [6, 6.07) is 7.11. The molecule has 8 heteroatoms. The molecule has 2 N–H and O–H groups in total. The molecule has 0 fully saturated rings. The average Bonchev–Trinajstić information content (AvgIpc) is 2.57. The second-order valence-corrected chi connectivity index (χ2v) is 7.25. The molecule has 0 aliphatic heterocycles. The number of thioether (sulfide) groups is 1. The zero-order valence-electron chi connectivity index (χ0n) is 14.4. The van der Waals surface area contributed by atoms with Gasteiger partial charge in [-0.2, -0.15) is 11.8 Å². The van der Waals surface area contributed by atoms with Crippen molar-refractivity contribution >= 4 is 34.5 Å². The highest BCUT2D eigenvalue weighted by Crippen LogP contribution is 2.16. The number of amides is 1. The fraction of sp³-hybridized carbons (Fsp3) is 0.412. The molecule has 2 aromatic rings. The van der Waals surface area contributed by atoms with Crippen molar-refractivity contribution in [1.82, 2.24) is 14.9 Å². The predicted octanol–water partition coefficient (Wildman–Crippen LogP) is 1.87. The number of aromatic amines is 1. The molecule has 0 aliphatic rings. The number of hydrogen-bond acceptors (Lipinski definition) is 5. The fourth-order valence-corrected chi connectivity index (χ4v) is 2.95. The van der Waals surface area contributed by atoms with E-state index in [0.29, 0.717) is 28.2 Å². The number of H-pyrrole nitrogens is 1. The number of carbonyl (C=O) groups excluding carboxylic acids is 1. The summed E-state index contributed by atoms with van der Waals surface area (Å²) in [4.78, 5) is 43.7. The van der Waals surface area contributed by atoms with Crippen molar-refractivity contribution in [1.29, 1.82) is 0 Å². The van der Waals surface area contributed by atoms with Gasteiger partial charge in [0.05, 0.1) is 16.7 Å². The Morgan fingerprint density at radius 1 is 1.32 bits per heavy atom. The Bertz CT molecular complexity index is 847. The Morgan fingerprint density at radius 2 is 2.00 bits per heavy atom. The summed E-state index contributed by atoms with van der Waals surface area (Å²) < 4.78 is 0. The minimum absolute atomic E-state index is 0.180. The third kappa shape index (κ3) is 4.39. The number of aromatic nitrogens is 2. The van der Waals surface area contributed by atoms with Crippen molar-refractivity contribution in [3.8, 4) is 0 Å². The number of carboxylic acids is 1. The molecule has 2 rings (SSSR count). The van der Waals surface area contributed by atoms with E-state index >= 15 is 0 Å². The van der Waals surface area contributed by atoms with Crippen LogP contribution in [0.4, 0.5) is 0 Å². The van der Waals surface area contributed by atoms with Gasteiger partial charge < -0.3 is 15.0 Å². The number of carbonyl (C=O) groups is 2. The zero-order chi connectivity index (χ0) is 18.6. The van der Waals surface area contributed by atoms with Crippen LogP contribution in [0.2, 0.25) is 0 Å². The maximum Gasteiger partial charge on any atom is 0.329 e. The maximum absolute atomic E-state index is 12.1.